The lowest BCUT2D eigenvalue weighted by atomic mass is 10.5. The largest absolute Gasteiger partial charge is 0.429 e. The van der Waals surface area contributed by atoms with Crippen molar-refractivity contribution >= 4 is 5.97 Å². The predicted octanol–water partition coefficient (Wildman–Crippen LogP) is 1.67. The van der Waals surface area contributed by atoms with Gasteiger partial charge in [-0.25, -0.2) is 9.18 Å². The molecule has 0 aromatic rings. The molecule has 0 fully saturated rings. The number of hydrogen-bond acceptors (Lipinski definition) is 2. The Morgan fingerprint density at radius 2 is 2.18 bits per heavy atom. The van der Waals surface area contributed by atoms with Gasteiger partial charge in [-0.15, -0.1) is 0 Å². The maximum absolute atomic E-state index is 11.9. The monoisotopic (exact) mass is 168 g/mol. The molecule has 64 valence electrons. The first-order valence-corrected chi connectivity index (χ1v) is 2.81. The highest BCUT2D eigenvalue weighted by Gasteiger charge is 2.33. The number of alkyl halides is 3. The van der Waals surface area contributed by atoms with Gasteiger partial charge in [-0.2, -0.15) is 8.78 Å². The van der Waals surface area contributed by atoms with E-state index in [2.05, 4.69) is 4.74 Å². The van der Waals surface area contributed by atoms with Gasteiger partial charge in [0.1, 0.15) is 0 Å². The van der Waals surface area contributed by atoms with Gasteiger partial charge in [0.25, 0.3) is 0 Å². The summed E-state index contributed by atoms with van der Waals surface area (Å²) in [5.41, 5.74) is 0. The van der Waals surface area contributed by atoms with Gasteiger partial charge in [-0.1, -0.05) is 6.08 Å². The van der Waals surface area contributed by atoms with Gasteiger partial charge < -0.3 is 4.74 Å². The van der Waals surface area contributed by atoms with Crippen molar-refractivity contribution in [1.82, 2.24) is 0 Å². The van der Waals surface area contributed by atoms with Crippen LogP contribution in [0.4, 0.5) is 13.2 Å². The first-order valence-electron chi connectivity index (χ1n) is 2.81. The number of rotatable bonds is 3. The third kappa shape index (κ3) is 4.41. The molecule has 0 heterocycles. The van der Waals surface area contributed by atoms with E-state index < -0.39 is 18.8 Å². The molecule has 0 radical (unpaired) electrons. The molecule has 0 aliphatic carbocycles. The zero-order valence-corrected chi connectivity index (χ0v) is 5.81. The Labute approximate surface area is 61.6 Å². The third-order valence-corrected chi connectivity index (χ3v) is 0.708. The number of esters is 1. The minimum atomic E-state index is -4.00. The number of ether oxygens (including phenoxy) is 1. The number of carbonyl (C=O) groups is 1. The van der Waals surface area contributed by atoms with E-state index in [1.807, 2.05) is 0 Å². The molecule has 0 saturated carbocycles. The molecular formula is C6H7F3O2. The highest BCUT2D eigenvalue weighted by molar-refractivity contribution is 5.81. The zero-order valence-electron chi connectivity index (χ0n) is 5.81. The van der Waals surface area contributed by atoms with E-state index in [0.717, 1.165) is 6.08 Å². The summed E-state index contributed by atoms with van der Waals surface area (Å²) < 4.78 is 38.5. The third-order valence-electron chi connectivity index (χ3n) is 0.708. The topological polar surface area (TPSA) is 26.3 Å². The Hall–Kier alpha value is -1.00. The molecule has 0 aromatic carbocycles. The fourth-order valence-electron chi connectivity index (χ4n) is 0.345. The van der Waals surface area contributed by atoms with Crippen LogP contribution >= 0.6 is 0 Å². The summed E-state index contributed by atoms with van der Waals surface area (Å²) in [5.74, 6) is -1.25. The van der Waals surface area contributed by atoms with Crippen molar-refractivity contribution in [3.05, 3.63) is 12.2 Å². The Bertz CT molecular complexity index is 165. The summed E-state index contributed by atoms with van der Waals surface area (Å²) in [5, 5.41) is 0. The van der Waals surface area contributed by atoms with E-state index in [9.17, 15) is 18.0 Å². The molecule has 0 rings (SSSR count). The van der Waals surface area contributed by atoms with Crippen LogP contribution in [-0.2, 0) is 9.53 Å². The summed E-state index contributed by atoms with van der Waals surface area (Å²) in [7, 11) is 0. The van der Waals surface area contributed by atoms with Gasteiger partial charge in [0.15, 0.2) is 6.67 Å². The van der Waals surface area contributed by atoms with E-state index in [4.69, 9.17) is 0 Å². The molecule has 0 unspecified atom stereocenters. The van der Waals surface area contributed by atoms with Crippen LogP contribution in [0.25, 0.3) is 0 Å². The van der Waals surface area contributed by atoms with E-state index >= 15 is 0 Å². The van der Waals surface area contributed by atoms with Gasteiger partial charge >= 0.3 is 12.1 Å². The summed E-state index contributed by atoms with van der Waals surface area (Å²) in [4.78, 5) is 10.3. The zero-order chi connectivity index (χ0) is 8.91. The van der Waals surface area contributed by atoms with E-state index in [1.165, 1.54) is 13.0 Å². The summed E-state index contributed by atoms with van der Waals surface area (Å²) in [6.45, 7) is -0.550. The Balaban J connectivity index is 3.93. The standard InChI is InChI=1S/C6H7F3O2/c1-2-3-5(10)11-6(8,9)4-7/h2-3H,4H2,1H3/b3-2+. The van der Waals surface area contributed by atoms with Crippen molar-refractivity contribution in [2.75, 3.05) is 6.67 Å². The summed E-state index contributed by atoms with van der Waals surface area (Å²) >= 11 is 0. The maximum Gasteiger partial charge on any atom is 0.429 e. The SMILES string of the molecule is C/C=C/C(=O)OC(F)(F)CF. The first-order chi connectivity index (χ1) is 5.02. The molecule has 11 heavy (non-hydrogen) atoms. The fourth-order valence-corrected chi connectivity index (χ4v) is 0.345. The first kappa shape index (κ1) is 10.0. The molecule has 0 N–H and O–H groups in total. The van der Waals surface area contributed by atoms with Gasteiger partial charge in [-0.05, 0) is 6.92 Å². The fraction of sp³-hybridized carbons (Fsp3) is 0.500. The second-order valence-corrected chi connectivity index (χ2v) is 1.69. The van der Waals surface area contributed by atoms with Gasteiger partial charge in [0, 0.05) is 6.08 Å². The molecule has 0 aliphatic heterocycles. The van der Waals surface area contributed by atoms with Crippen molar-refractivity contribution in [3.8, 4) is 0 Å². The molecule has 0 aromatic heterocycles. The molecule has 0 atom stereocenters. The van der Waals surface area contributed by atoms with Crippen LogP contribution in [-0.4, -0.2) is 18.8 Å². The number of halogens is 3. The average Bonchev–Trinajstić information content (AvgIpc) is 1.87. The quantitative estimate of drug-likeness (QED) is 0.473. The predicted molar refractivity (Wildman–Crippen MR) is 31.8 cm³/mol. The number of allylic oxidation sites excluding steroid dienone is 1. The molecule has 0 aliphatic rings. The summed E-state index contributed by atoms with van der Waals surface area (Å²) in [6.07, 6.45) is -2.00. The Morgan fingerprint density at radius 1 is 1.64 bits per heavy atom. The summed E-state index contributed by atoms with van der Waals surface area (Å²) in [6, 6.07) is 0. The molecule has 0 spiro atoms. The lowest BCUT2D eigenvalue weighted by molar-refractivity contribution is -0.234. The van der Waals surface area contributed by atoms with Crippen LogP contribution in [0.5, 0.6) is 0 Å². The molecule has 0 saturated heterocycles. The van der Waals surface area contributed by atoms with E-state index in [-0.39, 0.29) is 0 Å². The second kappa shape index (κ2) is 4.00. The Morgan fingerprint density at radius 3 is 2.55 bits per heavy atom. The normalized spacial score (nSPS) is 12.0. The van der Waals surface area contributed by atoms with Crippen LogP contribution in [0.1, 0.15) is 6.92 Å². The van der Waals surface area contributed by atoms with Crippen molar-refractivity contribution in [3.63, 3.8) is 0 Å². The van der Waals surface area contributed by atoms with Crippen LogP contribution in [0.15, 0.2) is 12.2 Å². The van der Waals surface area contributed by atoms with E-state index in [1.54, 1.807) is 0 Å². The number of hydrogen-bond donors (Lipinski definition) is 0. The maximum atomic E-state index is 11.9. The highest BCUT2D eigenvalue weighted by atomic mass is 19.3. The second-order valence-electron chi connectivity index (χ2n) is 1.69. The minimum absolute atomic E-state index is 0.781. The van der Waals surface area contributed by atoms with Crippen molar-refractivity contribution in [1.29, 1.82) is 0 Å². The van der Waals surface area contributed by atoms with E-state index in [0.29, 0.717) is 0 Å². The molecule has 5 heteroatoms. The lowest BCUT2D eigenvalue weighted by Gasteiger charge is -2.10. The average molecular weight is 168 g/mol. The molecule has 0 bridgehead atoms. The minimum Gasteiger partial charge on any atom is -0.396 e. The van der Waals surface area contributed by atoms with Gasteiger partial charge in [-0.3, -0.25) is 0 Å². The van der Waals surface area contributed by atoms with Crippen molar-refractivity contribution in [2.45, 2.75) is 13.0 Å². The smallest absolute Gasteiger partial charge is 0.396 e. The Kier molecular flexibility index (Phi) is 3.64. The van der Waals surface area contributed by atoms with Gasteiger partial charge in [0.05, 0.1) is 0 Å². The van der Waals surface area contributed by atoms with Crippen molar-refractivity contribution in [2.24, 2.45) is 0 Å². The van der Waals surface area contributed by atoms with Crippen molar-refractivity contribution < 1.29 is 22.7 Å². The van der Waals surface area contributed by atoms with Crippen LogP contribution < -0.4 is 0 Å². The molecule has 0 amide bonds. The van der Waals surface area contributed by atoms with Crippen LogP contribution in [0.2, 0.25) is 0 Å². The van der Waals surface area contributed by atoms with Gasteiger partial charge in [0.2, 0.25) is 0 Å². The lowest BCUT2D eigenvalue weighted by Crippen LogP contribution is -2.26. The molecular weight excluding hydrogens is 161 g/mol. The molecule has 2 nitrogen and oxygen atoms in total. The van der Waals surface area contributed by atoms with Crippen LogP contribution in [0.3, 0.4) is 0 Å². The highest BCUT2D eigenvalue weighted by Crippen LogP contribution is 2.15. The van der Waals surface area contributed by atoms with Crippen LogP contribution in [0, 0.1) is 0 Å². The number of carbonyl (C=O) groups excluding carboxylic acids is 1.